The zero-order valence-corrected chi connectivity index (χ0v) is 12.2. The van der Waals surface area contributed by atoms with Gasteiger partial charge < -0.3 is 10.6 Å². The molecule has 0 radical (unpaired) electrons. The molecule has 96 valence electrons. The van der Waals surface area contributed by atoms with E-state index in [9.17, 15) is 0 Å². The van der Waals surface area contributed by atoms with Crippen LogP contribution in [0.3, 0.4) is 0 Å². The third kappa shape index (κ3) is 3.50. The maximum Gasteiger partial charge on any atom is 0.167 e. The lowest BCUT2D eigenvalue weighted by Crippen LogP contribution is -2.39. The molecule has 0 saturated carbocycles. The highest BCUT2D eigenvalue weighted by Crippen LogP contribution is 2.35. The molecule has 1 atom stereocenters. The highest BCUT2D eigenvalue weighted by Gasteiger charge is 2.20. The summed E-state index contributed by atoms with van der Waals surface area (Å²) in [5.41, 5.74) is 2.44. The van der Waals surface area contributed by atoms with Gasteiger partial charge >= 0.3 is 0 Å². The Morgan fingerprint density at radius 2 is 2.28 bits per heavy atom. The molecule has 0 spiro atoms. The fourth-order valence-electron chi connectivity index (χ4n) is 1.93. The number of thiocarbonyl (C=S) groups is 1. The molecule has 2 nitrogen and oxygen atoms in total. The second-order valence-corrected chi connectivity index (χ2v) is 6.06. The standard InChI is InChI=1S/C14H18N2S2/c1-10(2)9-15-14(17)16-12-7-8-18-13-6-4-3-5-11(12)13/h3-6,12H,1,7-9H2,2H3,(H2,15,16,17). The molecule has 2 N–H and O–H groups in total. The maximum atomic E-state index is 5.31. The Balaban J connectivity index is 1.98. The molecular formula is C14H18N2S2. The van der Waals surface area contributed by atoms with Crippen molar-refractivity contribution in [2.75, 3.05) is 12.3 Å². The van der Waals surface area contributed by atoms with Crippen LogP contribution in [0, 0.1) is 0 Å². The minimum absolute atomic E-state index is 0.326. The molecule has 1 unspecified atom stereocenters. The number of fused-ring (bicyclic) bond motifs is 1. The molecule has 1 aliphatic heterocycles. The second kappa shape index (κ2) is 6.25. The minimum atomic E-state index is 0.326. The summed E-state index contributed by atoms with van der Waals surface area (Å²) in [5, 5.41) is 7.28. The molecule has 0 amide bonds. The lowest BCUT2D eigenvalue weighted by Gasteiger charge is -2.27. The molecule has 0 aliphatic carbocycles. The summed E-state index contributed by atoms with van der Waals surface area (Å²) in [6.07, 6.45) is 1.11. The van der Waals surface area contributed by atoms with Crippen LogP contribution in [0.1, 0.15) is 24.9 Å². The largest absolute Gasteiger partial charge is 0.359 e. The highest BCUT2D eigenvalue weighted by molar-refractivity contribution is 7.99. The Hall–Kier alpha value is -1.00. The summed E-state index contributed by atoms with van der Waals surface area (Å²) < 4.78 is 0. The third-order valence-corrected chi connectivity index (χ3v) is 4.20. The van der Waals surface area contributed by atoms with Crippen molar-refractivity contribution in [2.45, 2.75) is 24.3 Å². The Labute approximate surface area is 118 Å². The molecule has 0 bridgehead atoms. The number of hydrogen-bond acceptors (Lipinski definition) is 2. The van der Waals surface area contributed by atoms with Gasteiger partial charge in [0.05, 0.1) is 6.04 Å². The van der Waals surface area contributed by atoms with E-state index in [1.807, 2.05) is 18.7 Å². The number of rotatable bonds is 3. The van der Waals surface area contributed by atoms with Crippen LogP contribution in [0.5, 0.6) is 0 Å². The van der Waals surface area contributed by atoms with E-state index in [2.05, 4.69) is 41.5 Å². The van der Waals surface area contributed by atoms with Crippen molar-refractivity contribution >= 4 is 29.1 Å². The van der Waals surface area contributed by atoms with Gasteiger partial charge in [0.2, 0.25) is 0 Å². The number of thioether (sulfide) groups is 1. The van der Waals surface area contributed by atoms with Gasteiger partial charge in [0, 0.05) is 17.2 Å². The van der Waals surface area contributed by atoms with Crippen LogP contribution in [0.2, 0.25) is 0 Å². The topological polar surface area (TPSA) is 24.1 Å². The van der Waals surface area contributed by atoms with E-state index in [-0.39, 0.29) is 0 Å². The van der Waals surface area contributed by atoms with Gasteiger partial charge in [0.15, 0.2) is 5.11 Å². The van der Waals surface area contributed by atoms with Crippen molar-refractivity contribution in [3.8, 4) is 0 Å². The van der Waals surface area contributed by atoms with E-state index in [0.29, 0.717) is 11.2 Å². The summed E-state index contributed by atoms with van der Waals surface area (Å²) in [6.45, 7) is 6.58. The molecule has 1 aliphatic rings. The average molecular weight is 278 g/mol. The quantitative estimate of drug-likeness (QED) is 0.654. The summed E-state index contributed by atoms with van der Waals surface area (Å²) >= 11 is 7.23. The molecule has 0 aromatic heterocycles. The van der Waals surface area contributed by atoms with Crippen LogP contribution in [-0.2, 0) is 0 Å². The number of nitrogens with one attached hydrogen (secondary N) is 2. The molecule has 4 heteroatoms. The first-order valence-electron chi connectivity index (χ1n) is 6.07. The zero-order valence-electron chi connectivity index (χ0n) is 10.5. The van der Waals surface area contributed by atoms with Crippen LogP contribution in [-0.4, -0.2) is 17.4 Å². The van der Waals surface area contributed by atoms with Crippen molar-refractivity contribution in [1.82, 2.24) is 10.6 Å². The van der Waals surface area contributed by atoms with Gasteiger partial charge in [-0.15, -0.1) is 11.8 Å². The van der Waals surface area contributed by atoms with Gasteiger partial charge in [0.25, 0.3) is 0 Å². The molecule has 1 heterocycles. The smallest absolute Gasteiger partial charge is 0.167 e. The molecule has 18 heavy (non-hydrogen) atoms. The summed E-state index contributed by atoms with van der Waals surface area (Å²) in [7, 11) is 0. The van der Waals surface area contributed by atoms with E-state index in [4.69, 9.17) is 12.2 Å². The van der Waals surface area contributed by atoms with E-state index in [0.717, 1.165) is 24.3 Å². The van der Waals surface area contributed by atoms with Gasteiger partial charge in [-0.2, -0.15) is 0 Å². The van der Waals surface area contributed by atoms with E-state index < -0.39 is 0 Å². The minimum Gasteiger partial charge on any atom is -0.359 e. The van der Waals surface area contributed by atoms with E-state index in [1.165, 1.54) is 10.5 Å². The zero-order chi connectivity index (χ0) is 13.0. The monoisotopic (exact) mass is 278 g/mol. The van der Waals surface area contributed by atoms with Crippen LogP contribution in [0.25, 0.3) is 0 Å². The van der Waals surface area contributed by atoms with Crippen molar-refractivity contribution in [3.05, 3.63) is 42.0 Å². The van der Waals surface area contributed by atoms with Crippen molar-refractivity contribution in [2.24, 2.45) is 0 Å². The third-order valence-electron chi connectivity index (χ3n) is 2.81. The van der Waals surface area contributed by atoms with E-state index in [1.54, 1.807) is 0 Å². The summed E-state index contributed by atoms with van der Waals surface area (Å²) in [5.74, 6) is 1.14. The molecule has 2 rings (SSSR count). The van der Waals surface area contributed by atoms with E-state index >= 15 is 0 Å². The molecular weight excluding hydrogens is 260 g/mol. The normalized spacial score (nSPS) is 17.7. The average Bonchev–Trinajstić information content (AvgIpc) is 2.37. The first-order chi connectivity index (χ1) is 8.66. The summed E-state index contributed by atoms with van der Waals surface area (Å²) in [6, 6.07) is 8.86. The highest BCUT2D eigenvalue weighted by atomic mass is 32.2. The molecule has 0 saturated heterocycles. The van der Waals surface area contributed by atoms with Crippen molar-refractivity contribution < 1.29 is 0 Å². The van der Waals surface area contributed by atoms with Crippen LogP contribution >= 0.6 is 24.0 Å². The van der Waals surface area contributed by atoms with Crippen LogP contribution in [0.4, 0.5) is 0 Å². The maximum absolute atomic E-state index is 5.31. The Bertz CT molecular complexity index is 457. The SMILES string of the molecule is C=C(C)CNC(=S)NC1CCSc2ccccc21. The molecule has 1 aromatic carbocycles. The second-order valence-electron chi connectivity index (χ2n) is 4.51. The predicted molar refractivity (Wildman–Crippen MR) is 83.1 cm³/mol. The van der Waals surface area contributed by atoms with Gasteiger partial charge in [0.1, 0.15) is 0 Å². The molecule has 0 fully saturated rings. The first-order valence-corrected chi connectivity index (χ1v) is 7.46. The first kappa shape index (κ1) is 13.4. The number of hydrogen-bond donors (Lipinski definition) is 2. The van der Waals surface area contributed by atoms with Gasteiger partial charge in [-0.1, -0.05) is 30.4 Å². The van der Waals surface area contributed by atoms with Crippen LogP contribution in [0.15, 0.2) is 41.3 Å². The number of benzene rings is 1. The van der Waals surface area contributed by atoms with Crippen molar-refractivity contribution in [3.63, 3.8) is 0 Å². The lowest BCUT2D eigenvalue weighted by atomic mass is 10.0. The molecule has 1 aromatic rings. The Morgan fingerprint density at radius 1 is 1.50 bits per heavy atom. The van der Waals surface area contributed by atoms with Gasteiger partial charge in [-0.25, -0.2) is 0 Å². The predicted octanol–water partition coefficient (Wildman–Crippen LogP) is 3.26. The van der Waals surface area contributed by atoms with Crippen LogP contribution < -0.4 is 10.6 Å². The fraction of sp³-hybridized carbons (Fsp3) is 0.357. The fourth-order valence-corrected chi connectivity index (χ4v) is 3.27. The summed E-state index contributed by atoms with van der Waals surface area (Å²) in [4.78, 5) is 1.36. The van der Waals surface area contributed by atoms with Gasteiger partial charge in [-0.3, -0.25) is 0 Å². The van der Waals surface area contributed by atoms with Gasteiger partial charge in [-0.05, 0) is 37.2 Å². The Morgan fingerprint density at radius 3 is 3.06 bits per heavy atom. The Kier molecular flexibility index (Phi) is 4.66. The van der Waals surface area contributed by atoms with Crippen molar-refractivity contribution in [1.29, 1.82) is 0 Å². The lowest BCUT2D eigenvalue weighted by molar-refractivity contribution is 0.605.